The van der Waals surface area contributed by atoms with Crippen molar-refractivity contribution >= 4 is 23.3 Å². The van der Waals surface area contributed by atoms with Crippen LogP contribution in [0.15, 0.2) is 24.4 Å². The highest BCUT2D eigenvalue weighted by Gasteiger charge is 2.67. The minimum Gasteiger partial charge on any atom is -0.444 e. The molecule has 1 aromatic heterocycles. The fraction of sp³-hybridized carbons (Fsp3) is 0.556. The number of amides is 2. The Morgan fingerprint density at radius 2 is 2.08 bits per heavy atom. The summed E-state index contributed by atoms with van der Waals surface area (Å²) in [5.41, 5.74) is 0.420. The number of aromatic nitrogens is 1. The first-order valence-corrected chi connectivity index (χ1v) is 13.4. The van der Waals surface area contributed by atoms with E-state index in [2.05, 4.69) is 16.4 Å². The van der Waals surface area contributed by atoms with Crippen LogP contribution in [0.5, 0.6) is 0 Å². The molecule has 5 rings (SSSR count). The number of likely N-dealkylation sites (tertiary alicyclic amines) is 1. The van der Waals surface area contributed by atoms with E-state index in [1.54, 1.807) is 37.9 Å². The molecule has 0 radical (unpaired) electrons. The highest BCUT2D eigenvalue weighted by atomic mass is 32.1. The number of thiazole rings is 1. The van der Waals surface area contributed by atoms with Gasteiger partial charge in [0.2, 0.25) is 5.91 Å². The number of fused-ring (bicyclic) bond motifs is 5. The Labute approximate surface area is 214 Å². The molecular formula is C27H31FN4O3S. The zero-order valence-electron chi connectivity index (χ0n) is 21.0. The molecule has 0 unspecified atom stereocenters. The summed E-state index contributed by atoms with van der Waals surface area (Å²) in [6, 6.07) is 5.46. The first-order valence-electron chi connectivity index (χ1n) is 12.5. The number of aryl methyl sites for hydroxylation is 1. The van der Waals surface area contributed by atoms with Crippen LogP contribution in [0.3, 0.4) is 0 Å². The van der Waals surface area contributed by atoms with Crippen molar-refractivity contribution in [2.45, 2.75) is 77.1 Å². The summed E-state index contributed by atoms with van der Waals surface area (Å²) < 4.78 is 20.6. The average molecular weight is 511 g/mol. The van der Waals surface area contributed by atoms with E-state index in [1.165, 1.54) is 17.4 Å². The Hall–Kier alpha value is -2.99. The van der Waals surface area contributed by atoms with E-state index >= 15 is 0 Å². The van der Waals surface area contributed by atoms with Crippen molar-refractivity contribution < 1.29 is 18.7 Å². The maximum atomic E-state index is 15.0. The number of nitriles is 1. The summed E-state index contributed by atoms with van der Waals surface area (Å²) in [4.78, 5) is 33.2. The van der Waals surface area contributed by atoms with Crippen LogP contribution in [0.4, 0.5) is 9.18 Å². The lowest BCUT2D eigenvalue weighted by Gasteiger charge is -2.35. The van der Waals surface area contributed by atoms with E-state index in [4.69, 9.17) is 4.74 Å². The summed E-state index contributed by atoms with van der Waals surface area (Å²) in [7, 11) is 0. The van der Waals surface area contributed by atoms with Gasteiger partial charge in [-0.3, -0.25) is 9.69 Å². The van der Waals surface area contributed by atoms with E-state index in [0.29, 0.717) is 17.4 Å². The van der Waals surface area contributed by atoms with Crippen molar-refractivity contribution in [3.8, 4) is 16.5 Å². The number of halogens is 1. The van der Waals surface area contributed by atoms with Crippen LogP contribution in [-0.2, 0) is 22.4 Å². The van der Waals surface area contributed by atoms with Crippen molar-refractivity contribution in [3.05, 3.63) is 40.8 Å². The number of nitrogens with one attached hydrogen (secondary N) is 1. The molecule has 3 fully saturated rings. The van der Waals surface area contributed by atoms with Crippen LogP contribution >= 0.6 is 11.3 Å². The number of hydrogen-bond donors (Lipinski definition) is 1. The molecule has 2 amide bonds. The molecule has 1 N–H and O–H groups in total. The SMILES string of the molecule is CCc1ncc(-c2ccc(C[C@@H](C#N)NC(=O)[C@@H]3[C@@H]4C[C@@H]([C@H]5C[C@@H]45)N3C(=O)OC(C)(C)C)c(F)c2)s1. The molecule has 7 nitrogen and oxygen atoms in total. The van der Waals surface area contributed by atoms with Crippen LogP contribution in [0, 0.1) is 34.9 Å². The average Bonchev–Trinajstić information content (AvgIpc) is 3.16. The van der Waals surface area contributed by atoms with Gasteiger partial charge in [-0.25, -0.2) is 14.2 Å². The topological polar surface area (TPSA) is 95.3 Å². The second-order valence-corrected chi connectivity index (χ2v) is 12.2. The molecule has 6 atom stereocenters. The fourth-order valence-electron chi connectivity index (χ4n) is 5.86. The number of nitrogens with zero attached hydrogens (tertiary/aromatic N) is 3. The number of carbonyl (C=O) groups is 2. The van der Waals surface area contributed by atoms with Gasteiger partial charge in [-0.05, 0) is 75.0 Å². The lowest BCUT2D eigenvalue weighted by molar-refractivity contribution is -0.128. The van der Waals surface area contributed by atoms with Crippen LogP contribution < -0.4 is 5.32 Å². The highest BCUT2D eigenvalue weighted by Crippen LogP contribution is 2.63. The minimum absolute atomic E-state index is 0.0103. The Morgan fingerprint density at radius 1 is 1.31 bits per heavy atom. The quantitative estimate of drug-likeness (QED) is 0.608. The molecule has 2 bridgehead atoms. The Bertz CT molecular complexity index is 1230. The number of rotatable bonds is 6. The van der Waals surface area contributed by atoms with Crippen LogP contribution in [0.1, 0.15) is 51.1 Å². The summed E-state index contributed by atoms with van der Waals surface area (Å²) in [6.45, 7) is 7.43. The van der Waals surface area contributed by atoms with Crippen LogP contribution in [0.2, 0.25) is 0 Å². The van der Waals surface area contributed by atoms with Crippen molar-refractivity contribution in [2.75, 3.05) is 0 Å². The molecule has 2 heterocycles. The predicted molar refractivity (Wildman–Crippen MR) is 133 cm³/mol. The predicted octanol–water partition coefficient (Wildman–Crippen LogP) is 4.71. The molecule has 2 aromatic rings. The second kappa shape index (κ2) is 9.15. The van der Waals surface area contributed by atoms with Gasteiger partial charge >= 0.3 is 6.09 Å². The van der Waals surface area contributed by atoms with Crippen molar-refractivity contribution in [1.29, 1.82) is 5.26 Å². The fourth-order valence-corrected chi connectivity index (χ4v) is 6.71. The van der Waals surface area contributed by atoms with Gasteiger partial charge in [0.25, 0.3) is 0 Å². The van der Waals surface area contributed by atoms with Gasteiger partial charge in [0, 0.05) is 18.7 Å². The number of carbonyl (C=O) groups excluding carboxylic acids is 2. The minimum atomic E-state index is -0.914. The molecule has 2 aliphatic carbocycles. The number of benzene rings is 1. The summed E-state index contributed by atoms with van der Waals surface area (Å²) >= 11 is 1.53. The Balaban J connectivity index is 1.28. The molecule has 1 aromatic carbocycles. The van der Waals surface area contributed by atoms with Crippen molar-refractivity contribution in [1.82, 2.24) is 15.2 Å². The lowest BCUT2D eigenvalue weighted by Crippen LogP contribution is -2.56. The maximum absolute atomic E-state index is 15.0. The lowest BCUT2D eigenvalue weighted by atomic mass is 9.95. The maximum Gasteiger partial charge on any atom is 0.411 e. The zero-order valence-corrected chi connectivity index (χ0v) is 21.8. The first kappa shape index (κ1) is 24.7. The van der Waals surface area contributed by atoms with E-state index in [9.17, 15) is 19.2 Å². The van der Waals surface area contributed by atoms with Crippen molar-refractivity contribution in [2.24, 2.45) is 17.8 Å². The molecule has 9 heteroatoms. The molecule has 190 valence electrons. The van der Waals surface area contributed by atoms with Crippen LogP contribution in [-0.4, -0.2) is 45.6 Å². The van der Waals surface area contributed by atoms with Gasteiger partial charge in [0.15, 0.2) is 0 Å². The zero-order chi connectivity index (χ0) is 25.8. The Morgan fingerprint density at radius 3 is 2.72 bits per heavy atom. The molecule has 3 aliphatic rings. The van der Waals surface area contributed by atoms with Gasteiger partial charge in [0.05, 0.1) is 16.0 Å². The van der Waals surface area contributed by atoms with E-state index < -0.39 is 29.6 Å². The summed E-state index contributed by atoms with van der Waals surface area (Å²) in [5, 5.41) is 13.5. The summed E-state index contributed by atoms with van der Waals surface area (Å²) in [5.74, 6) is 0.187. The second-order valence-electron chi connectivity index (χ2n) is 11.0. The molecule has 1 aliphatic heterocycles. The van der Waals surface area contributed by atoms with Crippen molar-refractivity contribution in [3.63, 3.8) is 0 Å². The van der Waals surface area contributed by atoms with E-state index in [1.807, 2.05) is 13.0 Å². The van der Waals surface area contributed by atoms with Gasteiger partial charge < -0.3 is 10.1 Å². The third kappa shape index (κ3) is 4.59. The largest absolute Gasteiger partial charge is 0.444 e. The van der Waals surface area contributed by atoms with E-state index in [-0.39, 0.29) is 24.3 Å². The molecule has 36 heavy (non-hydrogen) atoms. The monoisotopic (exact) mass is 510 g/mol. The van der Waals surface area contributed by atoms with Gasteiger partial charge in [-0.1, -0.05) is 19.1 Å². The van der Waals surface area contributed by atoms with Gasteiger partial charge in [-0.15, -0.1) is 11.3 Å². The number of hydrogen-bond acceptors (Lipinski definition) is 6. The van der Waals surface area contributed by atoms with Gasteiger partial charge in [-0.2, -0.15) is 5.26 Å². The highest BCUT2D eigenvalue weighted by molar-refractivity contribution is 7.15. The number of ether oxygens (including phenoxy) is 1. The normalized spacial score (nSPS) is 26.8. The van der Waals surface area contributed by atoms with Gasteiger partial charge in [0.1, 0.15) is 23.5 Å². The standard InChI is InChI=1S/C27H31FN4O3S/c1-5-23-30-13-22(36-23)15-7-6-14(20(28)9-15)8-16(12-29)31-25(33)24-19-11-21(18-10-17(18)19)32(24)26(34)35-27(2,3)4/h6-7,9,13,16-19,21,24H,5,8,10-11H2,1-4H3,(H,31,33)/t16-,17+,18-,19+,21-,24-/m0/s1. The molecule has 0 spiro atoms. The molecule has 1 saturated heterocycles. The third-order valence-electron chi connectivity index (χ3n) is 7.47. The molecule has 2 saturated carbocycles. The first-order chi connectivity index (χ1) is 17.1. The smallest absolute Gasteiger partial charge is 0.411 e. The van der Waals surface area contributed by atoms with Crippen LogP contribution in [0.25, 0.3) is 10.4 Å². The number of piperidine rings is 1. The molecular weight excluding hydrogens is 479 g/mol. The Kier molecular flexibility index (Phi) is 6.27. The third-order valence-corrected chi connectivity index (χ3v) is 8.67. The summed E-state index contributed by atoms with van der Waals surface area (Å²) in [6.07, 6.45) is 3.94. The van der Waals surface area contributed by atoms with E-state index in [0.717, 1.165) is 34.7 Å².